The lowest BCUT2D eigenvalue weighted by molar-refractivity contribution is -0.137. The number of fused-ring (bicyclic) bond motifs is 1. The molecular weight excluding hydrogens is 376 g/mol. The van der Waals surface area contributed by atoms with Crippen molar-refractivity contribution >= 4 is 17.5 Å². The molecule has 0 aliphatic carbocycles. The summed E-state index contributed by atoms with van der Waals surface area (Å²) in [5.41, 5.74) is -0.405. The molecule has 4 nitrogen and oxygen atoms in total. The maximum Gasteiger partial charge on any atom is 0.416 e. The Labute approximate surface area is 158 Å². The number of nitrogens with one attached hydrogen (secondary N) is 2. The Morgan fingerprint density at radius 2 is 1.93 bits per heavy atom. The predicted molar refractivity (Wildman–Crippen MR) is 95.5 cm³/mol. The Morgan fingerprint density at radius 1 is 1.21 bits per heavy atom. The molecule has 0 aromatic heterocycles. The molecule has 1 aliphatic heterocycles. The van der Waals surface area contributed by atoms with Gasteiger partial charge in [-0.15, -0.1) is 0 Å². The van der Waals surface area contributed by atoms with Crippen LogP contribution in [0.1, 0.15) is 58.2 Å². The molecule has 2 N–H and O–H groups in total. The van der Waals surface area contributed by atoms with E-state index < -0.39 is 29.0 Å². The summed E-state index contributed by atoms with van der Waals surface area (Å²) in [6.07, 6.45) is -4.15. The van der Waals surface area contributed by atoms with Crippen LogP contribution in [0.2, 0.25) is 0 Å². The van der Waals surface area contributed by atoms with E-state index in [2.05, 4.69) is 10.6 Å². The number of rotatable bonds is 4. The third-order valence-corrected chi connectivity index (χ3v) is 4.45. The van der Waals surface area contributed by atoms with Gasteiger partial charge in [-0.25, -0.2) is 4.39 Å². The molecule has 28 heavy (non-hydrogen) atoms. The molecular formula is C20H18F4N2O2. The second-order valence-corrected chi connectivity index (χ2v) is 7.10. The smallest absolute Gasteiger partial charge is 0.345 e. The highest BCUT2D eigenvalue weighted by Crippen LogP contribution is 2.36. The van der Waals surface area contributed by atoms with Gasteiger partial charge in [-0.3, -0.25) is 9.59 Å². The fourth-order valence-electron chi connectivity index (χ4n) is 3.28. The van der Waals surface area contributed by atoms with Crippen LogP contribution >= 0.6 is 0 Å². The van der Waals surface area contributed by atoms with Gasteiger partial charge in [0.15, 0.2) is 0 Å². The van der Waals surface area contributed by atoms with Crippen LogP contribution in [0.5, 0.6) is 0 Å². The predicted octanol–water partition coefficient (Wildman–Crippen LogP) is 4.93. The largest absolute Gasteiger partial charge is 0.416 e. The topological polar surface area (TPSA) is 58.2 Å². The van der Waals surface area contributed by atoms with Gasteiger partial charge in [-0.05, 0) is 42.7 Å². The number of anilines is 1. The molecule has 0 fully saturated rings. The second kappa shape index (κ2) is 7.26. The summed E-state index contributed by atoms with van der Waals surface area (Å²) in [6, 6.07) is 6.09. The molecule has 1 aliphatic rings. The third-order valence-electron chi connectivity index (χ3n) is 4.45. The first-order chi connectivity index (χ1) is 13.1. The van der Waals surface area contributed by atoms with Gasteiger partial charge in [-0.2, -0.15) is 13.2 Å². The number of benzene rings is 2. The summed E-state index contributed by atoms with van der Waals surface area (Å²) in [6.45, 7) is 3.97. The van der Waals surface area contributed by atoms with Crippen molar-refractivity contribution in [3.8, 4) is 0 Å². The summed E-state index contributed by atoms with van der Waals surface area (Å²) in [7, 11) is 0. The van der Waals surface area contributed by atoms with Crippen molar-refractivity contribution < 1.29 is 27.2 Å². The third kappa shape index (κ3) is 4.00. The maximum absolute atomic E-state index is 13.6. The molecule has 2 aromatic rings. The number of alkyl halides is 3. The molecule has 0 radical (unpaired) electrons. The van der Waals surface area contributed by atoms with E-state index in [0.29, 0.717) is 35.4 Å². The lowest BCUT2D eigenvalue weighted by atomic mass is 9.95. The van der Waals surface area contributed by atoms with Gasteiger partial charge in [0.25, 0.3) is 11.8 Å². The first-order valence-electron chi connectivity index (χ1n) is 8.69. The number of carbonyl (C=O) groups is 2. The van der Waals surface area contributed by atoms with Crippen LogP contribution < -0.4 is 10.6 Å². The van der Waals surface area contributed by atoms with Gasteiger partial charge in [0.05, 0.1) is 11.6 Å². The van der Waals surface area contributed by atoms with E-state index in [1.165, 1.54) is 0 Å². The number of halogens is 4. The van der Waals surface area contributed by atoms with Crippen molar-refractivity contribution in [1.29, 1.82) is 0 Å². The molecule has 2 amide bonds. The van der Waals surface area contributed by atoms with Crippen molar-refractivity contribution in [2.24, 2.45) is 5.92 Å². The Morgan fingerprint density at radius 3 is 2.57 bits per heavy atom. The van der Waals surface area contributed by atoms with E-state index in [1.807, 2.05) is 13.8 Å². The van der Waals surface area contributed by atoms with E-state index in [-0.39, 0.29) is 17.9 Å². The molecule has 148 valence electrons. The number of hydrogen-bond donors (Lipinski definition) is 2. The van der Waals surface area contributed by atoms with Gasteiger partial charge in [0.2, 0.25) is 0 Å². The number of hydrogen-bond acceptors (Lipinski definition) is 2. The summed E-state index contributed by atoms with van der Waals surface area (Å²) in [4.78, 5) is 24.7. The molecule has 1 unspecified atom stereocenters. The normalized spacial score (nSPS) is 16.1. The minimum absolute atomic E-state index is 0.262. The standard InChI is InChI=1S/C20H18F4N2O2/c1-10(2)6-16-17-14(19(28)26-16)4-3-5-15(17)25-18(27)11-7-12(20(22,23)24)9-13(21)8-11/h3-5,7-10,16H,6H2,1-2H3,(H,25,27)(H,26,28). The van der Waals surface area contributed by atoms with E-state index in [9.17, 15) is 27.2 Å². The molecule has 2 aromatic carbocycles. The minimum Gasteiger partial charge on any atom is -0.345 e. The lowest BCUT2D eigenvalue weighted by Gasteiger charge is -2.18. The molecule has 0 bridgehead atoms. The van der Waals surface area contributed by atoms with Gasteiger partial charge in [0.1, 0.15) is 5.82 Å². The van der Waals surface area contributed by atoms with Crippen LogP contribution in [0.3, 0.4) is 0 Å². The summed E-state index contributed by atoms with van der Waals surface area (Å²) >= 11 is 0. The first kappa shape index (κ1) is 19.9. The van der Waals surface area contributed by atoms with Crippen molar-refractivity contribution in [3.05, 3.63) is 64.5 Å². The van der Waals surface area contributed by atoms with Crippen molar-refractivity contribution in [2.45, 2.75) is 32.5 Å². The fraction of sp³-hybridized carbons (Fsp3) is 0.300. The van der Waals surface area contributed by atoms with E-state index >= 15 is 0 Å². The molecule has 8 heteroatoms. The van der Waals surface area contributed by atoms with E-state index in [1.54, 1.807) is 18.2 Å². The summed E-state index contributed by atoms with van der Waals surface area (Å²) in [5.74, 6) is -2.06. The molecule has 0 saturated heterocycles. The van der Waals surface area contributed by atoms with Crippen LogP contribution in [0.15, 0.2) is 36.4 Å². The van der Waals surface area contributed by atoms with Crippen molar-refractivity contribution in [2.75, 3.05) is 5.32 Å². The molecule has 0 spiro atoms. The second-order valence-electron chi connectivity index (χ2n) is 7.10. The average molecular weight is 394 g/mol. The first-order valence-corrected chi connectivity index (χ1v) is 8.69. The molecule has 0 saturated carbocycles. The maximum atomic E-state index is 13.6. The van der Waals surface area contributed by atoms with Gasteiger partial charge in [-0.1, -0.05) is 19.9 Å². The molecule has 1 atom stereocenters. The van der Waals surface area contributed by atoms with Crippen LogP contribution in [0.4, 0.5) is 23.2 Å². The molecule has 1 heterocycles. The number of carbonyl (C=O) groups excluding carboxylic acids is 2. The van der Waals surface area contributed by atoms with Gasteiger partial charge < -0.3 is 10.6 Å². The van der Waals surface area contributed by atoms with Crippen molar-refractivity contribution in [3.63, 3.8) is 0 Å². The zero-order chi connectivity index (χ0) is 20.6. The van der Waals surface area contributed by atoms with Crippen LogP contribution in [0, 0.1) is 11.7 Å². The minimum atomic E-state index is -4.77. The Balaban J connectivity index is 1.95. The highest BCUT2D eigenvalue weighted by Gasteiger charge is 2.33. The Bertz CT molecular complexity index is 938. The Hall–Kier alpha value is -2.90. The highest BCUT2D eigenvalue weighted by atomic mass is 19.4. The van der Waals surface area contributed by atoms with Crippen LogP contribution in [0.25, 0.3) is 0 Å². The van der Waals surface area contributed by atoms with Crippen molar-refractivity contribution in [1.82, 2.24) is 5.32 Å². The van der Waals surface area contributed by atoms with Crippen LogP contribution in [-0.4, -0.2) is 11.8 Å². The summed E-state index contributed by atoms with van der Waals surface area (Å²) in [5, 5.41) is 5.37. The Kier molecular flexibility index (Phi) is 5.14. The van der Waals surface area contributed by atoms with E-state index in [4.69, 9.17) is 0 Å². The average Bonchev–Trinajstić information content (AvgIpc) is 2.89. The SMILES string of the molecule is CC(C)CC1NC(=O)c2cccc(NC(=O)c3cc(F)cc(C(F)(F)F)c3)c21. The lowest BCUT2D eigenvalue weighted by Crippen LogP contribution is -2.21. The highest BCUT2D eigenvalue weighted by molar-refractivity contribution is 6.07. The fourth-order valence-corrected chi connectivity index (χ4v) is 3.28. The zero-order valence-electron chi connectivity index (χ0n) is 15.2. The quantitative estimate of drug-likeness (QED) is 0.723. The van der Waals surface area contributed by atoms with Gasteiger partial charge in [0, 0.05) is 22.4 Å². The van der Waals surface area contributed by atoms with Crippen LogP contribution in [-0.2, 0) is 6.18 Å². The number of amides is 2. The monoisotopic (exact) mass is 394 g/mol. The zero-order valence-corrected chi connectivity index (χ0v) is 15.2. The van der Waals surface area contributed by atoms with E-state index in [0.717, 1.165) is 6.07 Å². The summed E-state index contributed by atoms with van der Waals surface area (Å²) < 4.78 is 52.3. The van der Waals surface area contributed by atoms with Gasteiger partial charge >= 0.3 is 6.18 Å². The molecule has 3 rings (SSSR count).